The van der Waals surface area contributed by atoms with Crippen LogP contribution in [0.25, 0.3) is 0 Å². The summed E-state index contributed by atoms with van der Waals surface area (Å²) in [7, 11) is 2.96. The Bertz CT molecular complexity index is 336. The van der Waals surface area contributed by atoms with Gasteiger partial charge in [-0.3, -0.25) is 0 Å². The first kappa shape index (κ1) is 13.3. The average Bonchev–Trinajstić information content (AvgIpc) is 2.22. The molecule has 0 saturated carbocycles. The van der Waals surface area contributed by atoms with Crippen molar-refractivity contribution in [2.24, 2.45) is 0 Å². The Morgan fingerprint density at radius 2 is 1.94 bits per heavy atom. The number of anilines is 1. The van der Waals surface area contributed by atoms with E-state index in [1.54, 1.807) is 0 Å². The van der Waals surface area contributed by atoms with E-state index in [9.17, 15) is 8.78 Å². The maximum absolute atomic E-state index is 13.4. The molecule has 0 spiro atoms. The van der Waals surface area contributed by atoms with E-state index in [1.165, 1.54) is 20.3 Å². The zero-order chi connectivity index (χ0) is 12.1. The Hall–Kier alpha value is -0.720. The molecule has 0 fully saturated rings. The highest BCUT2D eigenvalue weighted by molar-refractivity contribution is 9.10. The average molecular weight is 296 g/mol. The molecule has 1 N–H and O–H groups in total. The van der Waals surface area contributed by atoms with Crippen molar-refractivity contribution in [1.29, 1.82) is 0 Å². The smallest absolute Gasteiger partial charge is 0.173 e. The number of benzene rings is 1. The summed E-state index contributed by atoms with van der Waals surface area (Å²) in [6, 6.07) is 1.99. The number of halogens is 3. The Kier molecular flexibility index (Phi) is 5.11. The lowest BCUT2D eigenvalue weighted by atomic mass is 10.3. The summed E-state index contributed by atoms with van der Waals surface area (Å²) in [6.45, 7) is 0.258. The lowest BCUT2D eigenvalue weighted by molar-refractivity contribution is -0.0914. The van der Waals surface area contributed by atoms with Crippen LogP contribution in [-0.2, 0) is 9.47 Å². The SMILES string of the molecule is COC(CNc1c(F)cc(F)cc1Br)OC. The fourth-order valence-electron chi connectivity index (χ4n) is 1.16. The first-order chi connectivity index (χ1) is 7.58. The Morgan fingerprint density at radius 1 is 1.31 bits per heavy atom. The third kappa shape index (κ3) is 3.40. The van der Waals surface area contributed by atoms with Crippen molar-refractivity contribution < 1.29 is 18.3 Å². The van der Waals surface area contributed by atoms with Crippen LogP contribution >= 0.6 is 15.9 Å². The minimum absolute atomic E-state index is 0.181. The summed E-state index contributed by atoms with van der Waals surface area (Å²) in [5.74, 6) is -1.30. The summed E-state index contributed by atoms with van der Waals surface area (Å²) in [5.41, 5.74) is 0.181. The van der Waals surface area contributed by atoms with Crippen LogP contribution in [0.5, 0.6) is 0 Å². The van der Waals surface area contributed by atoms with E-state index in [1.807, 2.05) is 0 Å². The molecule has 0 aliphatic heterocycles. The number of hydrogen-bond acceptors (Lipinski definition) is 3. The second kappa shape index (κ2) is 6.12. The molecular formula is C10H12BrF2NO2. The second-order valence-corrected chi connectivity index (χ2v) is 3.88. The second-order valence-electron chi connectivity index (χ2n) is 3.03. The van der Waals surface area contributed by atoms with Gasteiger partial charge in [0.1, 0.15) is 11.6 Å². The van der Waals surface area contributed by atoms with E-state index in [0.717, 1.165) is 6.07 Å². The van der Waals surface area contributed by atoms with Crippen LogP contribution < -0.4 is 5.32 Å². The van der Waals surface area contributed by atoms with E-state index in [4.69, 9.17) is 9.47 Å². The van der Waals surface area contributed by atoms with E-state index in [2.05, 4.69) is 21.2 Å². The van der Waals surface area contributed by atoms with Gasteiger partial charge in [-0.15, -0.1) is 0 Å². The number of methoxy groups -OCH3 is 2. The van der Waals surface area contributed by atoms with Gasteiger partial charge in [-0.2, -0.15) is 0 Å². The minimum atomic E-state index is -0.669. The summed E-state index contributed by atoms with van der Waals surface area (Å²) in [6.07, 6.45) is -0.489. The van der Waals surface area contributed by atoms with Crippen LogP contribution in [-0.4, -0.2) is 27.1 Å². The van der Waals surface area contributed by atoms with Crippen LogP contribution in [0, 0.1) is 11.6 Å². The maximum Gasteiger partial charge on any atom is 0.173 e. The molecule has 1 aromatic rings. The van der Waals surface area contributed by atoms with Crippen LogP contribution in [0.1, 0.15) is 0 Å². The van der Waals surface area contributed by atoms with Gasteiger partial charge in [0.2, 0.25) is 0 Å². The van der Waals surface area contributed by atoms with Crippen molar-refractivity contribution in [1.82, 2.24) is 0 Å². The predicted molar refractivity (Wildman–Crippen MR) is 60.4 cm³/mol. The largest absolute Gasteiger partial charge is 0.377 e. The zero-order valence-corrected chi connectivity index (χ0v) is 10.5. The van der Waals surface area contributed by atoms with Gasteiger partial charge in [-0.1, -0.05) is 0 Å². The van der Waals surface area contributed by atoms with Crippen LogP contribution in [0.15, 0.2) is 16.6 Å². The quantitative estimate of drug-likeness (QED) is 0.848. The molecule has 16 heavy (non-hydrogen) atoms. The highest BCUT2D eigenvalue weighted by atomic mass is 79.9. The first-order valence-corrected chi connectivity index (χ1v) is 5.31. The third-order valence-electron chi connectivity index (χ3n) is 1.98. The van der Waals surface area contributed by atoms with Gasteiger partial charge >= 0.3 is 0 Å². The maximum atomic E-state index is 13.4. The Morgan fingerprint density at radius 3 is 2.44 bits per heavy atom. The van der Waals surface area contributed by atoms with Crippen molar-refractivity contribution in [3.05, 3.63) is 28.2 Å². The zero-order valence-electron chi connectivity index (χ0n) is 8.89. The monoisotopic (exact) mass is 295 g/mol. The Balaban J connectivity index is 2.74. The first-order valence-electron chi connectivity index (χ1n) is 4.52. The highest BCUT2D eigenvalue weighted by Crippen LogP contribution is 2.26. The van der Waals surface area contributed by atoms with E-state index < -0.39 is 17.9 Å². The molecular weight excluding hydrogens is 284 g/mol. The molecule has 3 nitrogen and oxygen atoms in total. The Labute approximate surface area is 101 Å². The minimum Gasteiger partial charge on any atom is -0.377 e. The van der Waals surface area contributed by atoms with Crippen LogP contribution in [0.3, 0.4) is 0 Å². The molecule has 0 atom stereocenters. The standard InChI is InChI=1S/C10H12BrF2NO2/c1-15-9(16-2)5-14-10-7(11)3-6(12)4-8(10)13/h3-4,9,14H,5H2,1-2H3. The van der Waals surface area contributed by atoms with Crippen molar-refractivity contribution >= 4 is 21.6 Å². The summed E-state index contributed by atoms with van der Waals surface area (Å²) < 4.78 is 36.3. The number of hydrogen-bond donors (Lipinski definition) is 1. The molecule has 0 saturated heterocycles. The highest BCUT2D eigenvalue weighted by Gasteiger charge is 2.11. The van der Waals surface area contributed by atoms with Crippen molar-refractivity contribution in [2.75, 3.05) is 26.1 Å². The number of nitrogens with one attached hydrogen (secondary N) is 1. The van der Waals surface area contributed by atoms with Gasteiger partial charge in [0.25, 0.3) is 0 Å². The molecule has 1 aromatic carbocycles. The normalized spacial score (nSPS) is 10.9. The summed E-state index contributed by atoms with van der Waals surface area (Å²) in [4.78, 5) is 0. The van der Waals surface area contributed by atoms with E-state index >= 15 is 0 Å². The van der Waals surface area contributed by atoms with E-state index in [-0.39, 0.29) is 12.2 Å². The van der Waals surface area contributed by atoms with Crippen molar-refractivity contribution in [3.63, 3.8) is 0 Å². The van der Waals surface area contributed by atoms with Gasteiger partial charge in [0.15, 0.2) is 6.29 Å². The van der Waals surface area contributed by atoms with Gasteiger partial charge in [0, 0.05) is 24.8 Å². The molecule has 0 aliphatic carbocycles. The lowest BCUT2D eigenvalue weighted by Crippen LogP contribution is -2.24. The lowest BCUT2D eigenvalue weighted by Gasteiger charge is -2.16. The van der Waals surface area contributed by atoms with Gasteiger partial charge in [-0.25, -0.2) is 8.78 Å². The molecule has 1 rings (SSSR count). The molecule has 90 valence electrons. The molecule has 0 aliphatic rings. The van der Waals surface area contributed by atoms with E-state index in [0.29, 0.717) is 4.47 Å². The van der Waals surface area contributed by atoms with Gasteiger partial charge in [-0.05, 0) is 22.0 Å². The van der Waals surface area contributed by atoms with Crippen LogP contribution in [0.2, 0.25) is 0 Å². The third-order valence-corrected chi connectivity index (χ3v) is 2.60. The molecule has 0 aromatic heterocycles. The predicted octanol–water partition coefficient (Wildman–Crippen LogP) is 2.76. The van der Waals surface area contributed by atoms with Gasteiger partial charge < -0.3 is 14.8 Å². The number of ether oxygens (including phenoxy) is 2. The molecule has 0 bridgehead atoms. The molecule has 0 radical (unpaired) electrons. The molecule has 0 unspecified atom stereocenters. The van der Waals surface area contributed by atoms with Crippen molar-refractivity contribution in [2.45, 2.75) is 6.29 Å². The van der Waals surface area contributed by atoms with Gasteiger partial charge in [0.05, 0.1) is 12.2 Å². The van der Waals surface area contributed by atoms with Crippen LogP contribution in [0.4, 0.5) is 14.5 Å². The number of rotatable bonds is 5. The molecule has 6 heteroatoms. The fourth-order valence-corrected chi connectivity index (χ4v) is 1.71. The summed E-state index contributed by atoms with van der Waals surface area (Å²) in [5, 5.41) is 2.77. The molecule has 0 heterocycles. The topological polar surface area (TPSA) is 30.5 Å². The summed E-state index contributed by atoms with van der Waals surface area (Å²) >= 11 is 3.07. The fraction of sp³-hybridized carbons (Fsp3) is 0.400. The van der Waals surface area contributed by atoms with Crippen molar-refractivity contribution in [3.8, 4) is 0 Å². The molecule has 0 amide bonds.